The fraction of sp³-hybridized carbons (Fsp3) is 0.250. The molecule has 0 radical (unpaired) electrons. The maximum Gasteiger partial charge on any atom is 0.222 e. The summed E-state index contributed by atoms with van der Waals surface area (Å²) in [6.07, 6.45) is 2.19. The highest BCUT2D eigenvalue weighted by Crippen LogP contribution is 2.19. The molecule has 1 heterocycles. The third-order valence-electron chi connectivity index (χ3n) is 3.02. The standard InChI is InChI=1S/C16H19N3O/c1-17-12-10-15(20)19-16(13-7-3-2-4-8-13)14-9-5-6-11-18-14/h2-9,11,16-17H,10,12H2,1H3,(H,19,20). The van der Waals surface area contributed by atoms with Gasteiger partial charge in [0.2, 0.25) is 5.91 Å². The molecule has 4 heteroatoms. The summed E-state index contributed by atoms with van der Waals surface area (Å²) in [6.45, 7) is 0.662. The molecular weight excluding hydrogens is 250 g/mol. The van der Waals surface area contributed by atoms with Crippen LogP contribution in [0.15, 0.2) is 54.7 Å². The van der Waals surface area contributed by atoms with Gasteiger partial charge < -0.3 is 10.6 Å². The zero-order valence-electron chi connectivity index (χ0n) is 11.5. The first-order valence-electron chi connectivity index (χ1n) is 6.71. The van der Waals surface area contributed by atoms with Gasteiger partial charge in [-0.1, -0.05) is 36.4 Å². The van der Waals surface area contributed by atoms with Crippen molar-refractivity contribution < 1.29 is 4.79 Å². The predicted octanol–water partition coefficient (Wildman–Crippen LogP) is 1.90. The lowest BCUT2D eigenvalue weighted by atomic mass is 10.0. The molecule has 0 saturated carbocycles. The van der Waals surface area contributed by atoms with Gasteiger partial charge in [0.05, 0.1) is 11.7 Å². The molecule has 0 bridgehead atoms. The Morgan fingerprint density at radius 2 is 1.90 bits per heavy atom. The predicted molar refractivity (Wildman–Crippen MR) is 79.2 cm³/mol. The van der Waals surface area contributed by atoms with Gasteiger partial charge in [-0.25, -0.2) is 0 Å². The Labute approximate surface area is 119 Å². The average molecular weight is 269 g/mol. The Hall–Kier alpha value is -2.20. The Balaban J connectivity index is 2.19. The van der Waals surface area contributed by atoms with Crippen LogP contribution in [0.5, 0.6) is 0 Å². The number of pyridine rings is 1. The first kappa shape index (κ1) is 14.2. The molecule has 0 spiro atoms. The van der Waals surface area contributed by atoms with E-state index in [1.54, 1.807) is 6.20 Å². The van der Waals surface area contributed by atoms with Crippen LogP contribution in [0, 0.1) is 0 Å². The van der Waals surface area contributed by atoms with Crippen molar-refractivity contribution in [3.63, 3.8) is 0 Å². The maximum absolute atomic E-state index is 12.0. The highest BCUT2D eigenvalue weighted by Gasteiger charge is 2.17. The van der Waals surface area contributed by atoms with Gasteiger partial charge in [-0.2, -0.15) is 0 Å². The molecule has 1 aromatic carbocycles. The van der Waals surface area contributed by atoms with Crippen LogP contribution in [0.3, 0.4) is 0 Å². The van der Waals surface area contributed by atoms with E-state index in [4.69, 9.17) is 0 Å². The van der Waals surface area contributed by atoms with Gasteiger partial charge in [-0.15, -0.1) is 0 Å². The molecule has 20 heavy (non-hydrogen) atoms. The molecule has 0 aliphatic carbocycles. The SMILES string of the molecule is CNCCC(=O)NC(c1ccccc1)c1ccccn1. The van der Waals surface area contributed by atoms with Gasteiger partial charge in [-0.3, -0.25) is 9.78 Å². The van der Waals surface area contributed by atoms with Crippen molar-refractivity contribution in [2.24, 2.45) is 0 Å². The fourth-order valence-electron chi connectivity index (χ4n) is 1.99. The minimum atomic E-state index is -0.207. The molecule has 2 rings (SSSR count). The first-order valence-corrected chi connectivity index (χ1v) is 6.71. The van der Waals surface area contributed by atoms with Gasteiger partial charge in [0.25, 0.3) is 0 Å². The van der Waals surface area contributed by atoms with Crippen molar-refractivity contribution in [1.82, 2.24) is 15.6 Å². The van der Waals surface area contributed by atoms with E-state index in [9.17, 15) is 4.79 Å². The van der Waals surface area contributed by atoms with Crippen LogP contribution in [0.4, 0.5) is 0 Å². The highest BCUT2D eigenvalue weighted by atomic mass is 16.1. The third-order valence-corrected chi connectivity index (χ3v) is 3.02. The number of amides is 1. The van der Waals surface area contributed by atoms with Crippen LogP contribution in [-0.2, 0) is 4.79 Å². The Morgan fingerprint density at radius 1 is 1.15 bits per heavy atom. The molecule has 1 atom stereocenters. The second-order valence-electron chi connectivity index (χ2n) is 4.52. The Kier molecular flexibility index (Phi) is 5.26. The zero-order chi connectivity index (χ0) is 14.2. The molecule has 1 unspecified atom stereocenters. The lowest BCUT2D eigenvalue weighted by molar-refractivity contribution is -0.121. The van der Waals surface area contributed by atoms with Crippen LogP contribution >= 0.6 is 0 Å². The van der Waals surface area contributed by atoms with E-state index in [1.807, 2.05) is 55.6 Å². The fourth-order valence-corrected chi connectivity index (χ4v) is 1.99. The number of carbonyl (C=O) groups excluding carboxylic acids is 1. The van der Waals surface area contributed by atoms with Crippen LogP contribution in [0.25, 0.3) is 0 Å². The number of nitrogens with one attached hydrogen (secondary N) is 2. The summed E-state index contributed by atoms with van der Waals surface area (Å²) in [4.78, 5) is 16.3. The third kappa shape index (κ3) is 3.90. The van der Waals surface area contributed by atoms with Crippen LogP contribution < -0.4 is 10.6 Å². The van der Waals surface area contributed by atoms with Gasteiger partial charge in [0.15, 0.2) is 0 Å². The molecule has 0 saturated heterocycles. The number of aromatic nitrogens is 1. The van der Waals surface area contributed by atoms with Gasteiger partial charge in [0.1, 0.15) is 0 Å². The summed E-state index contributed by atoms with van der Waals surface area (Å²) in [7, 11) is 1.83. The van der Waals surface area contributed by atoms with E-state index in [0.717, 1.165) is 11.3 Å². The van der Waals surface area contributed by atoms with E-state index in [2.05, 4.69) is 15.6 Å². The average Bonchev–Trinajstić information content (AvgIpc) is 2.52. The summed E-state index contributed by atoms with van der Waals surface area (Å²) >= 11 is 0. The smallest absolute Gasteiger partial charge is 0.222 e. The Bertz CT molecular complexity index is 488. The minimum Gasteiger partial charge on any atom is -0.344 e. The number of nitrogens with zero attached hydrogens (tertiary/aromatic N) is 1. The molecule has 1 aromatic heterocycles. The van der Waals surface area contributed by atoms with E-state index in [0.29, 0.717) is 13.0 Å². The molecular formula is C16H19N3O. The molecule has 4 nitrogen and oxygen atoms in total. The topological polar surface area (TPSA) is 54.0 Å². The van der Waals surface area contributed by atoms with Crippen molar-refractivity contribution in [3.05, 3.63) is 66.0 Å². The summed E-state index contributed by atoms with van der Waals surface area (Å²) in [5, 5.41) is 6.02. The quantitative estimate of drug-likeness (QED) is 0.842. The monoisotopic (exact) mass is 269 g/mol. The highest BCUT2D eigenvalue weighted by molar-refractivity contribution is 5.77. The lowest BCUT2D eigenvalue weighted by Crippen LogP contribution is -2.31. The normalized spacial score (nSPS) is 11.8. The number of hydrogen-bond acceptors (Lipinski definition) is 3. The van der Waals surface area contributed by atoms with E-state index >= 15 is 0 Å². The molecule has 0 aliphatic rings. The van der Waals surface area contributed by atoms with Gasteiger partial charge in [-0.05, 0) is 24.7 Å². The van der Waals surface area contributed by atoms with E-state index in [1.165, 1.54) is 0 Å². The molecule has 1 amide bonds. The van der Waals surface area contributed by atoms with Crippen molar-refractivity contribution in [2.75, 3.05) is 13.6 Å². The molecule has 104 valence electrons. The van der Waals surface area contributed by atoms with E-state index < -0.39 is 0 Å². The summed E-state index contributed by atoms with van der Waals surface area (Å²) in [5.41, 5.74) is 1.88. The summed E-state index contributed by atoms with van der Waals surface area (Å²) in [5.74, 6) is 0.0128. The number of rotatable bonds is 6. The molecule has 0 fully saturated rings. The first-order chi connectivity index (χ1) is 9.81. The lowest BCUT2D eigenvalue weighted by Gasteiger charge is -2.18. The molecule has 0 aliphatic heterocycles. The Morgan fingerprint density at radius 3 is 2.55 bits per heavy atom. The largest absolute Gasteiger partial charge is 0.344 e. The number of hydrogen-bond donors (Lipinski definition) is 2. The van der Waals surface area contributed by atoms with Crippen molar-refractivity contribution in [3.8, 4) is 0 Å². The second-order valence-corrected chi connectivity index (χ2v) is 4.52. The zero-order valence-corrected chi connectivity index (χ0v) is 11.5. The number of benzene rings is 1. The van der Waals surface area contributed by atoms with Gasteiger partial charge in [0, 0.05) is 19.2 Å². The van der Waals surface area contributed by atoms with E-state index in [-0.39, 0.29) is 11.9 Å². The summed E-state index contributed by atoms with van der Waals surface area (Å²) in [6, 6.07) is 15.4. The maximum atomic E-state index is 12.0. The second kappa shape index (κ2) is 7.40. The molecule has 2 N–H and O–H groups in total. The number of carbonyl (C=O) groups is 1. The van der Waals surface area contributed by atoms with Crippen molar-refractivity contribution in [1.29, 1.82) is 0 Å². The minimum absolute atomic E-state index is 0.0128. The van der Waals surface area contributed by atoms with Crippen LogP contribution in [0.1, 0.15) is 23.7 Å². The van der Waals surface area contributed by atoms with Crippen molar-refractivity contribution >= 4 is 5.91 Å². The molecule has 2 aromatic rings. The van der Waals surface area contributed by atoms with Crippen LogP contribution in [0.2, 0.25) is 0 Å². The van der Waals surface area contributed by atoms with Crippen LogP contribution in [-0.4, -0.2) is 24.5 Å². The van der Waals surface area contributed by atoms with Gasteiger partial charge >= 0.3 is 0 Å². The summed E-state index contributed by atoms with van der Waals surface area (Å²) < 4.78 is 0. The van der Waals surface area contributed by atoms with Crippen molar-refractivity contribution in [2.45, 2.75) is 12.5 Å².